The van der Waals surface area contributed by atoms with E-state index in [1.54, 1.807) is 12.1 Å². The fraction of sp³-hybridized carbons (Fsp3) is 0.158. The lowest BCUT2D eigenvalue weighted by Crippen LogP contribution is -2.28. The molecule has 2 aromatic carbocycles. The van der Waals surface area contributed by atoms with E-state index in [4.69, 9.17) is 0 Å². The molecule has 7 heteroatoms. The number of amides is 1. The van der Waals surface area contributed by atoms with Crippen LogP contribution in [-0.4, -0.2) is 22.4 Å². The van der Waals surface area contributed by atoms with Crippen LogP contribution in [0.15, 0.2) is 53.3 Å². The van der Waals surface area contributed by atoms with E-state index in [9.17, 15) is 19.7 Å². The predicted octanol–water partition coefficient (Wildman–Crippen LogP) is 2.72. The average Bonchev–Trinajstić information content (AvgIpc) is 2.62. The predicted molar refractivity (Wildman–Crippen MR) is 98.4 cm³/mol. The first-order valence-corrected chi connectivity index (χ1v) is 8.10. The number of hydrogen-bond donors (Lipinski definition) is 2. The summed E-state index contributed by atoms with van der Waals surface area (Å²) in [5.74, 6) is -0.537. The zero-order chi connectivity index (χ0) is 18.7. The molecule has 0 saturated heterocycles. The van der Waals surface area contributed by atoms with E-state index in [0.717, 1.165) is 16.5 Å². The molecule has 0 aliphatic carbocycles. The molecule has 1 aromatic heterocycles. The summed E-state index contributed by atoms with van der Waals surface area (Å²) in [5.41, 5.74) is 1.91. The van der Waals surface area contributed by atoms with Crippen molar-refractivity contribution in [3.05, 3.63) is 85.7 Å². The third kappa shape index (κ3) is 3.61. The van der Waals surface area contributed by atoms with Gasteiger partial charge in [-0.1, -0.05) is 24.3 Å². The summed E-state index contributed by atoms with van der Waals surface area (Å²) in [6.45, 7) is 2.15. The molecule has 0 aliphatic rings. The second kappa shape index (κ2) is 7.18. The van der Waals surface area contributed by atoms with Gasteiger partial charge in [0.2, 0.25) is 0 Å². The van der Waals surface area contributed by atoms with Crippen LogP contribution in [0.5, 0.6) is 0 Å². The first-order chi connectivity index (χ1) is 12.5. The highest BCUT2D eigenvalue weighted by Crippen LogP contribution is 2.17. The molecule has 0 fully saturated rings. The van der Waals surface area contributed by atoms with Crippen LogP contribution in [0.3, 0.4) is 0 Å². The highest BCUT2D eigenvalue weighted by molar-refractivity contribution is 5.98. The number of aromatic amines is 1. The molecule has 1 heterocycles. The van der Waals surface area contributed by atoms with Crippen molar-refractivity contribution in [3.8, 4) is 0 Å². The first-order valence-electron chi connectivity index (χ1n) is 8.10. The number of pyridine rings is 1. The molecule has 7 nitrogen and oxygen atoms in total. The Morgan fingerprint density at radius 1 is 1.19 bits per heavy atom. The molecule has 0 unspecified atom stereocenters. The number of nitrogens with one attached hydrogen (secondary N) is 2. The summed E-state index contributed by atoms with van der Waals surface area (Å²) in [5, 5.41) is 14.5. The Morgan fingerprint density at radius 2 is 1.96 bits per heavy atom. The van der Waals surface area contributed by atoms with Gasteiger partial charge in [-0.05, 0) is 42.5 Å². The van der Waals surface area contributed by atoms with Crippen LogP contribution in [0, 0.1) is 17.0 Å². The number of nitro groups is 1. The Balaban J connectivity index is 1.72. The van der Waals surface area contributed by atoms with Crippen molar-refractivity contribution in [2.45, 2.75) is 13.3 Å². The van der Waals surface area contributed by atoms with Crippen molar-refractivity contribution >= 4 is 22.5 Å². The third-order valence-corrected chi connectivity index (χ3v) is 4.10. The largest absolute Gasteiger partial charge is 0.351 e. The molecule has 2 N–H and O–H groups in total. The highest BCUT2D eigenvalue weighted by atomic mass is 16.6. The van der Waals surface area contributed by atoms with Gasteiger partial charge in [-0.15, -0.1) is 0 Å². The summed E-state index contributed by atoms with van der Waals surface area (Å²) in [6, 6.07) is 13.3. The van der Waals surface area contributed by atoms with E-state index < -0.39 is 10.8 Å². The van der Waals surface area contributed by atoms with E-state index in [0.29, 0.717) is 12.0 Å². The first kappa shape index (κ1) is 17.3. The molecule has 1 amide bonds. The van der Waals surface area contributed by atoms with Crippen LogP contribution in [0.4, 0.5) is 5.69 Å². The van der Waals surface area contributed by atoms with Crippen molar-refractivity contribution in [1.82, 2.24) is 10.3 Å². The number of benzene rings is 2. The van der Waals surface area contributed by atoms with Gasteiger partial charge in [-0.3, -0.25) is 19.7 Å². The Bertz CT molecular complexity index is 1060. The monoisotopic (exact) mass is 351 g/mol. The number of fused-ring (bicyclic) bond motifs is 1. The molecule has 0 bridgehead atoms. The van der Waals surface area contributed by atoms with Crippen LogP contribution in [-0.2, 0) is 6.42 Å². The fourth-order valence-electron chi connectivity index (χ4n) is 2.78. The number of para-hydroxylation sites is 1. The van der Waals surface area contributed by atoms with Crippen LogP contribution in [0.1, 0.15) is 21.5 Å². The number of aromatic nitrogens is 1. The molecule has 0 atom stereocenters. The molecule has 3 aromatic rings. The van der Waals surface area contributed by atoms with E-state index >= 15 is 0 Å². The number of H-pyrrole nitrogens is 1. The van der Waals surface area contributed by atoms with Gasteiger partial charge in [0.05, 0.1) is 4.92 Å². The van der Waals surface area contributed by atoms with Gasteiger partial charge in [0.1, 0.15) is 5.56 Å². The summed E-state index contributed by atoms with van der Waals surface area (Å²) >= 11 is 0. The molecule has 0 spiro atoms. The van der Waals surface area contributed by atoms with Gasteiger partial charge in [0.25, 0.3) is 17.2 Å². The van der Waals surface area contributed by atoms with Crippen LogP contribution in [0.25, 0.3) is 10.9 Å². The molecule has 0 radical (unpaired) electrons. The fourth-order valence-corrected chi connectivity index (χ4v) is 2.78. The van der Waals surface area contributed by atoms with Crippen LogP contribution >= 0.6 is 0 Å². The lowest BCUT2D eigenvalue weighted by molar-refractivity contribution is -0.385. The Kier molecular flexibility index (Phi) is 4.79. The zero-order valence-electron chi connectivity index (χ0n) is 14.1. The minimum absolute atomic E-state index is 0.000367. The lowest BCUT2D eigenvalue weighted by Gasteiger charge is -2.07. The number of rotatable bonds is 5. The third-order valence-electron chi connectivity index (χ3n) is 4.10. The summed E-state index contributed by atoms with van der Waals surface area (Å²) in [7, 11) is 0. The Hall–Kier alpha value is -3.48. The summed E-state index contributed by atoms with van der Waals surface area (Å²) in [4.78, 5) is 37.6. The number of nitrogens with zero attached hydrogens (tertiary/aromatic N) is 1. The van der Waals surface area contributed by atoms with E-state index in [2.05, 4.69) is 10.3 Å². The Labute approximate surface area is 148 Å². The van der Waals surface area contributed by atoms with E-state index in [1.807, 2.05) is 25.1 Å². The maximum absolute atomic E-state index is 12.2. The van der Waals surface area contributed by atoms with Gasteiger partial charge in [0.15, 0.2) is 0 Å². The average molecular weight is 351 g/mol. The molecular formula is C19H17N3O4. The highest BCUT2D eigenvalue weighted by Gasteiger charge is 2.18. The molecule has 0 aliphatic heterocycles. The molecule has 132 valence electrons. The maximum Gasteiger partial charge on any atom is 0.282 e. The number of carbonyl (C=O) groups is 1. The van der Waals surface area contributed by atoms with Crippen molar-refractivity contribution in [2.24, 2.45) is 0 Å². The second-order valence-corrected chi connectivity index (χ2v) is 5.99. The molecule has 26 heavy (non-hydrogen) atoms. The Morgan fingerprint density at radius 3 is 2.73 bits per heavy atom. The summed E-state index contributed by atoms with van der Waals surface area (Å²) < 4.78 is 0. The maximum atomic E-state index is 12.2. The van der Waals surface area contributed by atoms with E-state index in [1.165, 1.54) is 18.2 Å². The number of hydrogen-bond acceptors (Lipinski definition) is 4. The molecule has 3 rings (SSSR count). The van der Waals surface area contributed by atoms with Crippen molar-refractivity contribution in [3.63, 3.8) is 0 Å². The molecule has 0 saturated carbocycles. The minimum Gasteiger partial charge on any atom is -0.351 e. The van der Waals surface area contributed by atoms with Gasteiger partial charge in [0, 0.05) is 23.7 Å². The smallest absolute Gasteiger partial charge is 0.282 e. The lowest BCUT2D eigenvalue weighted by atomic mass is 10.1. The van der Waals surface area contributed by atoms with Gasteiger partial charge in [-0.25, -0.2) is 0 Å². The quantitative estimate of drug-likeness (QED) is 0.544. The number of aryl methyl sites for hydroxylation is 1. The van der Waals surface area contributed by atoms with Gasteiger partial charge in [-0.2, -0.15) is 0 Å². The zero-order valence-corrected chi connectivity index (χ0v) is 14.1. The van der Waals surface area contributed by atoms with Crippen LogP contribution in [0.2, 0.25) is 0 Å². The second-order valence-electron chi connectivity index (χ2n) is 5.99. The standard InChI is InChI=1S/C19H17N3O4/c1-12-6-7-13-11-14(18(23)21-16(13)10-12)8-9-20-19(24)15-4-2-3-5-17(15)22(25)26/h2-7,10-11H,8-9H2,1H3,(H,20,24)(H,21,23). The van der Waals surface area contributed by atoms with Gasteiger partial charge < -0.3 is 10.3 Å². The van der Waals surface area contributed by atoms with Crippen molar-refractivity contribution in [2.75, 3.05) is 6.54 Å². The van der Waals surface area contributed by atoms with Crippen molar-refractivity contribution in [1.29, 1.82) is 0 Å². The SMILES string of the molecule is Cc1ccc2cc(CCNC(=O)c3ccccc3[N+](=O)[O-])c(=O)[nH]c2c1. The molecular weight excluding hydrogens is 334 g/mol. The minimum atomic E-state index is -0.592. The van der Waals surface area contributed by atoms with E-state index in [-0.39, 0.29) is 23.4 Å². The van der Waals surface area contributed by atoms with Crippen LogP contribution < -0.4 is 10.9 Å². The topological polar surface area (TPSA) is 105 Å². The van der Waals surface area contributed by atoms with Gasteiger partial charge >= 0.3 is 0 Å². The normalized spacial score (nSPS) is 10.7. The summed E-state index contributed by atoms with van der Waals surface area (Å²) in [6.07, 6.45) is 0.325. The number of nitro benzene ring substituents is 1. The van der Waals surface area contributed by atoms with Crippen molar-refractivity contribution < 1.29 is 9.72 Å². The number of carbonyl (C=O) groups excluding carboxylic acids is 1.